The lowest BCUT2D eigenvalue weighted by molar-refractivity contribution is 0.773. The minimum Gasteiger partial charge on any atom is -0.333 e. The van der Waals surface area contributed by atoms with Gasteiger partial charge in [-0.1, -0.05) is 30.0 Å². The van der Waals surface area contributed by atoms with Crippen molar-refractivity contribution >= 4 is 33.5 Å². The maximum atomic E-state index is 4.62. The number of anilines is 1. The van der Waals surface area contributed by atoms with E-state index in [-0.39, 0.29) is 0 Å². The van der Waals surface area contributed by atoms with E-state index in [1.54, 1.807) is 0 Å². The van der Waals surface area contributed by atoms with Crippen molar-refractivity contribution in [2.75, 3.05) is 11.9 Å². The molecule has 2 aliphatic rings. The molecule has 1 aliphatic heterocycles. The zero-order chi connectivity index (χ0) is 12.7. The highest BCUT2D eigenvalue weighted by molar-refractivity contribution is 8.15. The van der Waals surface area contributed by atoms with Crippen LogP contribution < -0.4 is 5.32 Å². The monoisotopic (exact) mass is 269 g/mol. The molecule has 96 valence electrons. The van der Waals surface area contributed by atoms with Gasteiger partial charge in [0.1, 0.15) is 0 Å². The van der Waals surface area contributed by atoms with Gasteiger partial charge in [0.25, 0.3) is 0 Å². The van der Waals surface area contributed by atoms with Crippen LogP contribution in [0.25, 0.3) is 10.9 Å². The smallest absolute Gasteiger partial charge is 0.161 e. The van der Waals surface area contributed by atoms with E-state index in [9.17, 15) is 0 Å². The number of nitrogens with zero attached hydrogens (tertiary/aromatic N) is 2. The molecule has 1 atom stereocenters. The van der Waals surface area contributed by atoms with Crippen LogP contribution in [0.5, 0.6) is 0 Å². The zero-order valence-corrected chi connectivity index (χ0v) is 11.4. The second kappa shape index (κ2) is 4.53. The molecule has 0 bridgehead atoms. The highest BCUT2D eigenvalue weighted by atomic mass is 32.2. The molecule has 0 radical (unpaired) electrons. The summed E-state index contributed by atoms with van der Waals surface area (Å²) in [4.78, 5) is 9.08. The molecule has 1 aromatic carbocycles. The predicted octanol–water partition coefficient (Wildman–Crippen LogP) is 3.53. The van der Waals surface area contributed by atoms with Crippen LogP contribution in [0.15, 0.2) is 41.5 Å². The molecule has 1 aliphatic carbocycles. The molecule has 1 saturated carbocycles. The maximum absolute atomic E-state index is 4.62. The van der Waals surface area contributed by atoms with Gasteiger partial charge < -0.3 is 5.32 Å². The lowest BCUT2D eigenvalue weighted by atomic mass is 10.2. The summed E-state index contributed by atoms with van der Waals surface area (Å²) in [5.74, 6) is 0.902. The number of aromatic nitrogens is 1. The van der Waals surface area contributed by atoms with Crippen LogP contribution in [0.4, 0.5) is 5.69 Å². The fourth-order valence-electron chi connectivity index (χ4n) is 2.49. The molecule has 1 N–H and O–H groups in total. The van der Waals surface area contributed by atoms with Crippen LogP contribution in [0, 0.1) is 5.92 Å². The lowest BCUT2D eigenvalue weighted by Crippen LogP contribution is -2.09. The molecule has 3 nitrogen and oxygen atoms in total. The van der Waals surface area contributed by atoms with E-state index in [0.29, 0.717) is 5.25 Å². The highest BCUT2D eigenvalue weighted by Crippen LogP contribution is 2.42. The van der Waals surface area contributed by atoms with E-state index in [1.807, 2.05) is 24.0 Å². The van der Waals surface area contributed by atoms with Crippen LogP contribution in [0.2, 0.25) is 0 Å². The molecular weight excluding hydrogens is 254 g/mol. The van der Waals surface area contributed by atoms with Gasteiger partial charge in [-0.15, -0.1) is 0 Å². The van der Waals surface area contributed by atoms with Gasteiger partial charge in [-0.05, 0) is 30.9 Å². The molecule has 2 heterocycles. The molecule has 4 rings (SSSR count). The Morgan fingerprint density at radius 3 is 2.95 bits per heavy atom. The minimum absolute atomic E-state index is 0.699. The van der Waals surface area contributed by atoms with Crippen LogP contribution in [0.1, 0.15) is 12.8 Å². The first-order chi connectivity index (χ1) is 9.40. The normalized spacial score (nSPS) is 22.5. The van der Waals surface area contributed by atoms with Crippen molar-refractivity contribution in [2.24, 2.45) is 10.9 Å². The molecule has 0 amide bonds. The maximum Gasteiger partial charge on any atom is 0.161 e. The number of hydrogen-bond donors (Lipinski definition) is 1. The number of aliphatic imine (C=N–C) groups is 1. The Kier molecular flexibility index (Phi) is 2.69. The number of fused-ring (bicyclic) bond motifs is 1. The fraction of sp³-hybridized carbons (Fsp3) is 0.333. The summed E-state index contributed by atoms with van der Waals surface area (Å²) in [6, 6.07) is 10.3. The second-order valence-corrected chi connectivity index (χ2v) is 6.37. The number of thioether (sulfide) groups is 1. The molecule has 1 fully saturated rings. The summed E-state index contributed by atoms with van der Waals surface area (Å²) in [5, 5.41) is 6.36. The zero-order valence-electron chi connectivity index (χ0n) is 10.5. The molecule has 0 saturated heterocycles. The van der Waals surface area contributed by atoms with Crippen LogP contribution in [-0.4, -0.2) is 21.9 Å². The highest BCUT2D eigenvalue weighted by Gasteiger charge is 2.35. The summed E-state index contributed by atoms with van der Waals surface area (Å²) in [7, 11) is 0. The van der Waals surface area contributed by atoms with Crippen molar-refractivity contribution in [1.82, 2.24) is 4.98 Å². The van der Waals surface area contributed by atoms with Crippen molar-refractivity contribution in [3.05, 3.63) is 36.5 Å². The molecule has 1 unspecified atom stereocenters. The van der Waals surface area contributed by atoms with Gasteiger partial charge in [-0.3, -0.25) is 9.98 Å². The standard InChI is InChI=1S/C15H15N3S/c1-3-11-4-2-8-16-14(11)12(5-1)18-15-17-9-13(19-15)10-6-7-10/h1-5,8,10,13H,6-7,9H2,(H,17,18). The van der Waals surface area contributed by atoms with E-state index in [4.69, 9.17) is 0 Å². The number of nitrogens with one attached hydrogen (secondary N) is 1. The fourth-order valence-corrected chi connectivity index (χ4v) is 3.71. The predicted molar refractivity (Wildman–Crippen MR) is 81.8 cm³/mol. The molecule has 0 spiro atoms. The quantitative estimate of drug-likeness (QED) is 0.906. The van der Waals surface area contributed by atoms with Crippen LogP contribution >= 0.6 is 11.8 Å². The van der Waals surface area contributed by atoms with Gasteiger partial charge in [-0.25, -0.2) is 0 Å². The first-order valence-corrected chi connectivity index (χ1v) is 7.60. The first kappa shape index (κ1) is 11.3. The Hall–Kier alpha value is -1.55. The largest absolute Gasteiger partial charge is 0.333 e. The molecule has 19 heavy (non-hydrogen) atoms. The van der Waals surface area contributed by atoms with E-state index in [2.05, 4.69) is 39.6 Å². The number of benzene rings is 1. The van der Waals surface area contributed by atoms with Gasteiger partial charge in [0.15, 0.2) is 5.17 Å². The average molecular weight is 269 g/mol. The number of pyridine rings is 1. The van der Waals surface area contributed by atoms with Gasteiger partial charge in [0.2, 0.25) is 0 Å². The Bertz CT molecular complexity index is 643. The van der Waals surface area contributed by atoms with Crippen molar-refractivity contribution < 1.29 is 0 Å². The Balaban J connectivity index is 1.58. The third-order valence-electron chi connectivity index (χ3n) is 3.70. The Morgan fingerprint density at radius 1 is 1.16 bits per heavy atom. The summed E-state index contributed by atoms with van der Waals surface area (Å²) in [6.45, 7) is 0.968. The van der Waals surface area contributed by atoms with Crippen molar-refractivity contribution in [2.45, 2.75) is 18.1 Å². The molecule has 4 heteroatoms. The summed E-state index contributed by atoms with van der Waals surface area (Å²) in [6.07, 6.45) is 4.61. The summed E-state index contributed by atoms with van der Waals surface area (Å²) >= 11 is 1.90. The van der Waals surface area contributed by atoms with Crippen molar-refractivity contribution in [3.8, 4) is 0 Å². The van der Waals surface area contributed by atoms with Gasteiger partial charge in [0, 0.05) is 16.8 Å². The molecule has 1 aromatic heterocycles. The van der Waals surface area contributed by atoms with Gasteiger partial charge in [0.05, 0.1) is 17.7 Å². The van der Waals surface area contributed by atoms with Crippen LogP contribution in [-0.2, 0) is 0 Å². The SMILES string of the molecule is c1cnc2c(NC3=NCC(C4CC4)S3)cccc2c1. The average Bonchev–Trinajstić information content (AvgIpc) is 3.20. The van der Waals surface area contributed by atoms with E-state index >= 15 is 0 Å². The third kappa shape index (κ3) is 2.21. The van der Waals surface area contributed by atoms with E-state index in [0.717, 1.165) is 34.2 Å². The second-order valence-electron chi connectivity index (χ2n) is 5.15. The lowest BCUT2D eigenvalue weighted by Gasteiger charge is -2.09. The molecule has 2 aromatic rings. The minimum atomic E-state index is 0.699. The summed E-state index contributed by atoms with van der Waals surface area (Å²) in [5.41, 5.74) is 2.07. The number of hydrogen-bond acceptors (Lipinski definition) is 4. The van der Waals surface area contributed by atoms with Crippen molar-refractivity contribution in [1.29, 1.82) is 0 Å². The van der Waals surface area contributed by atoms with E-state index in [1.165, 1.54) is 12.8 Å². The van der Waals surface area contributed by atoms with Crippen molar-refractivity contribution in [3.63, 3.8) is 0 Å². The molecular formula is C15H15N3S. The summed E-state index contributed by atoms with van der Waals surface area (Å²) < 4.78 is 0. The third-order valence-corrected chi connectivity index (χ3v) is 4.99. The van der Waals surface area contributed by atoms with Gasteiger partial charge >= 0.3 is 0 Å². The number of rotatable bonds is 2. The topological polar surface area (TPSA) is 37.3 Å². The van der Waals surface area contributed by atoms with Crippen LogP contribution in [0.3, 0.4) is 0 Å². The van der Waals surface area contributed by atoms with E-state index < -0.39 is 0 Å². The Labute approximate surface area is 116 Å². The number of amidine groups is 1. The van der Waals surface area contributed by atoms with Gasteiger partial charge in [-0.2, -0.15) is 0 Å². The first-order valence-electron chi connectivity index (χ1n) is 6.72. The number of para-hydroxylation sites is 1. The Morgan fingerprint density at radius 2 is 2.05 bits per heavy atom.